The first-order valence-corrected chi connectivity index (χ1v) is 6.17. The van der Waals surface area contributed by atoms with Crippen LogP contribution in [0.1, 0.15) is 30.9 Å². The van der Waals surface area contributed by atoms with Crippen molar-refractivity contribution in [1.29, 1.82) is 0 Å². The largest absolute Gasteiger partial charge is 0.378 e. The zero-order valence-electron chi connectivity index (χ0n) is 10.2. The number of hydrogen-bond donors (Lipinski definition) is 1. The Morgan fingerprint density at radius 1 is 1.47 bits per heavy atom. The van der Waals surface area contributed by atoms with E-state index in [2.05, 4.69) is 11.4 Å². The van der Waals surface area contributed by atoms with Gasteiger partial charge in [0.25, 0.3) is 0 Å². The summed E-state index contributed by atoms with van der Waals surface area (Å²) in [4.78, 5) is 12.3. The number of anilines is 1. The number of amides is 1. The summed E-state index contributed by atoms with van der Waals surface area (Å²) in [5, 5.41) is 3.05. The van der Waals surface area contributed by atoms with E-state index in [-0.39, 0.29) is 17.4 Å². The number of rotatable bonds is 0. The van der Waals surface area contributed by atoms with E-state index in [1.54, 1.807) is 0 Å². The lowest BCUT2D eigenvalue weighted by atomic mass is 9.73. The molecule has 2 atom stereocenters. The first kappa shape index (κ1) is 10.8. The number of ether oxygens (including phenoxy) is 1. The summed E-state index contributed by atoms with van der Waals surface area (Å²) in [6.45, 7) is 4.75. The van der Waals surface area contributed by atoms with E-state index in [9.17, 15) is 4.79 Å². The van der Waals surface area contributed by atoms with Crippen molar-refractivity contribution in [1.82, 2.24) is 0 Å². The SMILES string of the molecule is Cc1cccc2c1NC(=O)C21CCOC(C)C1. The van der Waals surface area contributed by atoms with Gasteiger partial charge in [-0.3, -0.25) is 4.79 Å². The van der Waals surface area contributed by atoms with Crippen molar-refractivity contribution >= 4 is 11.6 Å². The fourth-order valence-corrected chi connectivity index (χ4v) is 3.12. The Morgan fingerprint density at radius 2 is 2.29 bits per heavy atom. The molecule has 3 nitrogen and oxygen atoms in total. The van der Waals surface area contributed by atoms with Gasteiger partial charge < -0.3 is 10.1 Å². The van der Waals surface area contributed by atoms with E-state index in [1.807, 2.05) is 26.0 Å². The standard InChI is InChI=1S/C14H17NO2/c1-9-4-3-5-11-12(9)15-13(16)14(11)6-7-17-10(2)8-14/h3-5,10H,6-8H2,1-2H3,(H,15,16). The van der Waals surface area contributed by atoms with Gasteiger partial charge in [0.15, 0.2) is 0 Å². The maximum atomic E-state index is 12.3. The van der Waals surface area contributed by atoms with Gasteiger partial charge in [-0.2, -0.15) is 0 Å². The lowest BCUT2D eigenvalue weighted by molar-refractivity contribution is -0.126. The molecule has 3 rings (SSSR count). The molecular formula is C14H17NO2. The Kier molecular flexibility index (Phi) is 2.26. The normalized spacial score (nSPS) is 31.4. The highest BCUT2D eigenvalue weighted by Gasteiger charge is 2.49. The van der Waals surface area contributed by atoms with Crippen molar-refractivity contribution in [2.45, 2.75) is 38.2 Å². The van der Waals surface area contributed by atoms with Crippen LogP contribution in [0.25, 0.3) is 0 Å². The van der Waals surface area contributed by atoms with E-state index < -0.39 is 0 Å². The second-order valence-corrected chi connectivity index (χ2v) is 5.17. The van der Waals surface area contributed by atoms with E-state index >= 15 is 0 Å². The number of aryl methyl sites for hydroxylation is 1. The minimum absolute atomic E-state index is 0.150. The lowest BCUT2D eigenvalue weighted by Gasteiger charge is -2.35. The van der Waals surface area contributed by atoms with Crippen LogP contribution in [-0.4, -0.2) is 18.6 Å². The summed E-state index contributed by atoms with van der Waals surface area (Å²) in [7, 11) is 0. The number of carbonyl (C=O) groups excluding carboxylic acids is 1. The Balaban J connectivity index is 2.13. The highest BCUT2D eigenvalue weighted by molar-refractivity contribution is 6.07. The minimum atomic E-state index is -0.348. The molecule has 2 aliphatic rings. The van der Waals surface area contributed by atoms with Gasteiger partial charge in [0, 0.05) is 12.3 Å². The topological polar surface area (TPSA) is 38.3 Å². The van der Waals surface area contributed by atoms with Gasteiger partial charge in [-0.05, 0) is 37.8 Å². The van der Waals surface area contributed by atoms with E-state index in [0.717, 1.165) is 29.7 Å². The summed E-state index contributed by atoms with van der Waals surface area (Å²) >= 11 is 0. The van der Waals surface area contributed by atoms with Crippen molar-refractivity contribution in [3.8, 4) is 0 Å². The summed E-state index contributed by atoms with van der Waals surface area (Å²) in [6.07, 6.45) is 1.73. The molecule has 0 saturated carbocycles. The van der Waals surface area contributed by atoms with Crippen molar-refractivity contribution in [2.24, 2.45) is 0 Å². The number of carbonyl (C=O) groups is 1. The minimum Gasteiger partial charge on any atom is -0.378 e. The quantitative estimate of drug-likeness (QED) is 0.744. The lowest BCUT2D eigenvalue weighted by Crippen LogP contribution is -2.42. The molecule has 1 aromatic carbocycles. The van der Waals surface area contributed by atoms with E-state index in [0.29, 0.717) is 6.61 Å². The van der Waals surface area contributed by atoms with Gasteiger partial charge in [-0.25, -0.2) is 0 Å². The fraction of sp³-hybridized carbons (Fsp3) is 0.500. The molecule has 1 fully saturated rings. The molecule has 90 valence electrons. The molecule has 17 heavy (non-hydrogen) atoms. The van der Waals surface area contributed by atoms with Gasteiger partial charge >= 0.3 is 0 Å². The van der Waals surface area contributed by atoms with Crippen molar-refractivity contribution in [2.75, 3.05) is 11.9 Å². The van der Waals surface area contributed by atoms with Crippen LogP contribution in [0.5, 0.6) is 0 Å². The Hall–Kier alpha value is -1.35. The molecule has 3 heteroatoms. The molecule has 0 radical (unpaired) electrons. The van der Waals surface area contributed by atoms with Crippen LogP contribution < -0.4 is 5.32 Å². The van der Waals surface area contributed by atoms with Crippen LogP contribution in [0.3, 0.4) is 0 Å². The van der Waals surface area contributed by atoms with Gasteiger partial charge in [0.05, 0.1) is 11.5 Å². The van der Waals surface area contributed by atoms with Crippen LogP contribution in [0.15, 0.2) is 18.2 Å². The summed E-state index contributed by atoms with van der Waals surface area (Å²) in [5.74, 6) is 0.150. The molecule has 1 amide bonds. The number of nitrogens with one attached hydrogen (secondary N) is 1. The molecule has 0 aromatic heterocycles. The highest BCUT2D eigenvalue weighted by atomic mass is 16.5. The Bertz CT molecular complexity index is 483. The fourth-order valence-electron chi connectivity index (χ4n) is 3.12. The zero-order valence-corrected chi connectivity index (χ0v) is 10.2. The first-order chi connectivity index (χ1) is 8.13. The Labute approximate surface area is 101 Å². The third-order valence-electron chi connectivity index (χ3n) is 4.03. The number of fused-ring (bicyclic) bond motifs is 2. The molecular weight excluding hydrogens is 214 g/mol. The zero-order chi connectivity index (χ0) is 12.0. The first-order valence-electron chi connectivity index (χ1n) is 6.17. The molecule has 2 unspecified atom stereocenters. The molecule has 2 heterocycles. The van der Waals surface area contributed by atoms with Crippen LogP contribution in [0, 0.1) is 6.92 Å². The second kappa shape index (κ2) is 3.57. The average Bonchev–Trinajstić information content (AvgIpc) is 2.55. The predicted octanol–water partition coefficient (Wildman–Crippen LogP) is 2.38. The van der Waals surface area contributed by atoms with Crippen LogP contribution in [0.2, 0.25) is 0 Å². The molecule has 2 aliphatic heterocycles. The van der Waals surface area contributed by atoms with Crippen LogP contribution in [-0.2, 0) is 14.9 Å². The highest BCUT2D eigenvalue weighted by Crippen LogP contribution is 2.46. The summed E-state index contributed by atoms with van der Waals surface area (Å²) in [5.41, 5.74) is 2.98. The van der Waals surface area contributed by atoms with Crippen molar-refractivity contribution in [3.63, 3.8) is 0 Å². The van der Waals surface area contributed by atoms with Gasteiger partial charge in [-0.1, -0.05) is 18.2 Å². The van der Waals surface area contributed by atoms with Crippen molar-refractivity contribution in [3.05, 3.63) is 29.3 Å². The van der Waals surface area contributed by atoms with E-state index in [1.165, 1.54) is 0 Å². The molecule has 1 aromatic rings. The predicted molar refractivity (Wildman–Crippen MR) is 66.1 cm³/mol. The van der Waals surface area contributed by atoms with Crippen LogP contribution >= 0.6 is 0 Å². The molecule has 1 spiro atoms. The maximum Gasteiger partial charge on any atom is 0.235 e. The van der Waals surface area contributed by atoms with Gasteiger partial charge in [0.2, 0.25) is 5.91 Å². The van der Waals surface area contributed by atoms with Gasteiger partial charge in [-0.15, -0.1) is 0 Å². The van der Waals surface area contributed by atoms with Crippen LogP contribution in [0.4, 0.5) is 5.69 Å². The van der Waals surface area contributed by atoms with E-state index in [4.69, 9.17) is 4.74 Å². The molecule has 0 aliphatic carbocycles. The summed E-state index contributed by atoms with van der Waals surface area (Å²) in [6, 6.07) is 6.16. The second-order valence-electron chi connectivity index (χ2n) is 5.17. The third-order valence-corrected chi connectivity index (χ3v) is 4.03. The molecule has 1 saturated heterocycles. The smallest absolute Gasteiger partial charge is 0.235 e. The maximum absolute atomic E-state index is 12.3. The summed E-state index contributed by atoms with van der Waals surface area (Å²) < 4.78 is 5.58. The third kappa shape index (κ3) is 1.42. The van der Waals surface area contributed by atoms with Crippen molar-refractivity contribution < 1.29 is 9.53 Å². The monoisotopic (exact) mass is 231 g/mol. The average molecular weight is 231 g/mol. The molecule has 1 N–H and O–H groups in total. The number of hydrogen-bond acceptors (Lipinski definition) is 2. The van der Waals surface area contributed by atoms with Gasteiger partial charge in [0.1, 0.15) is 0 Å². The number of para-hydroxylation sites is 1. The molecule has 0 bridgehead atoms. The number of benzene rings is 1. The Morgan fingerprint density at radius 3 is 3.06 bits per heavy atom.